The lowest BCUT2D eigenvalue weighted by molar-refractivity contribution is 0.0665. The number of rotatable bonds is 4. The fraction of sp³-hybridized carbons (Fsp3) is 0.571. The zero-order valence-corrected chi connectivity index (χ0v) is 9.97. The van der Waals surface area contributed by atoms with Gasteiger partial charge in [0.05, 0.1) is 6.10 Å². The molecular formula is C14H21NO. The highest BCUT2D eigenvalue weighted by atomic mass is 16.3. The van der Waals surface area contributed by atoms with E-state index in [0.717, 1.165) is 25.9 Å². The van der Waals surface area contributed by atoms with Crippen LogP contribution in [0.25, 0.3) is 0 Å². The third-order valence-corrected chi connectivity index (χ3v) is 3.51. The Labute approximate surface area is 97.9 Å². The zero-order valence-electron chi connectivity index (χ0n) is 9.97. The number of aliphatic hydroxyl groups is 1. The Balaban J connectivity index is 1.99. The highest BCUT2D eigenvalue weighted by molar-refractivity contribution is 5.14. The molecule has 0 aromatic heterocycles. The van der Waals surface area contributed by atoms with Gasteiger partial charge in [-0.05, 0) is 31.4 Å². The fourth-order valence-corrected chi connectivity index (χ4v) is 2.57. The van der Waals surface area contributed by atoms with Crippen molar-refractivity contribution < 1.29 is 5.11 Å². The van der Waals surface area contributed by atoms with E-state index in [-0.39, 0.29) is 6.10 Å². The van der Waals surface area contributed by atoms with E-state index in [1.54, 1.807) is 0 Å². The molecule has 0 saturated carbocycles. The summed E-state index contributed by atoms with van der Waals surface area (Å²) in [6, 6.07) is 10.9. The van der Waals surface area contributed by atoms with Gasteiger partial charge in [0.25, 0.3) is 0 Å². The molecule has 0 bridgehead atoms. The average molecular weight is 219 g/mol. The smallest absolute Gasteiger partial charge is 0.0692 e. The van der Waals surface area contributed by atoms with Gasteiger partial charge in [-0.25, -0.2) is 0 Å². The molecule has 16 heavy (non-hydrogen) atoms. The van der Waals surface area contributed by atoms with E-state index in [1.165, 1.54) is 12.0 Å². The van der Waals surface area contributed by atoms with Gasteiger partial charge in [-0.3, -0.25) is 4.90 Å². The van der Waals surface area contributed by atoms with Crippen molar-refractivity contribution >= 4 is 0 Å². The molecule has 2 atom stereocenters. The van der Waals surface area contributed by atoms with Gasteiger partial charge >= 0.3 is 0 Å². The first-order valence-corrected chi connectivity index (χ1v) is 6.27. The number of hydrogen-bond acceptors (Lipinski definition) is 2. The molecule has 1 fully saturated rings. The second-order valence-electron chi connectivity index (χ2n) is 4.64. The Morgan fingerprint density at radius 3 is 2.81 bits per heavy atom. The molecule has 2 nitrogen and oxygen atoms in total. The van der Waals surface area contributed by atoms with E-state index in [0.29, 0.717) is 6.04 Å². The molecule has 2 rings (SSSR count). The van der Waals surface area contributed by atoms with Crippen LogP contribution in [0.4, 0.5) is 0 Å². The number of nitrogens with zero attached hydrogens (tertiary/aromatic N) is 1. The minimum absolute atomic E-state index is 0.161. The second kappa shape index (κ2) is 5.46. The zero-order chi connectivity index (χ0) is 11.4. The molecule has 1 aromatic rings. The minimum atomic E-state index is -0.161. The van der Waals surface area contributed by atoms with Crippen molar-refractivity contribution in [1.82, 2.24) is 4.90 Å². The first-order chi connectivity index (χ1) is 7.81. The van der Waals surface area contributed by atoms with Crippen LogP contribution in [0.15, 0.2) is 30.3 Å². The van der Waals surface area contributed by atoms with Gasteiger partial charge < -0.3 is 5.11 Å². The lowest BCUT2D eigenvalue weighted by Gasteiger charge is -2.28. The first kappa shape index (κ1) is 11.6. The molecule has 0 amide bonds. The third-order valence-electron chi connectivity index (χ3n) is 3.51. The maximum absolute atomic E-state index is 9.96. The summed E-state index contributed by atoms with van der Waals surface area (Å²) in [6.07, 6.45) is 3.05. The van der Waals surface area contributed by atoms with Crippen LogP contribution in [0.1, 0.15) is 31.7 Å². The molecule has 88 valence electrons. The van der Waals surface area contributed by atoms with Crippen LogP contribution in [-0.4, -0.2) is 28.7 Å². The van der Waals surface area contributed by atoms with Crippen LogP contribution in [0.3, 0.4) is 0 Å². The average Bonchev–Trinajstić information content (AvgIpc) is 2.77. The van der Waals surface area contributed by atoms with Crippen LogP contribution in [0, 0.1) is 0 Å². The van der Waals surface area contributed by atoms with Gasteiger partial charge in [0, 0.05) is 12.6 Å². The molecular weight excluding hydrogens is 198 g/mol. The third kappa shape index (κ3) is 2.63. The molecule has 0 aliphatic carbocycles. The van der Waals surface area contributed by atoms with E-state index in [9.17, 15) is 5.11 Å². The number of hydrogen-bond donors (Lipinski definition) is 1. The van der Waals surface area contributed by atoms with Crippen molar-refractivity contribution in [2.45, 2.75) is 44.9 Å². The molecule has 0 radical (unpaired) electrons. The predicted octanol–water partition coefficient (Wildman–Crippen LogP) is 2.42. The van der Waals surface area contributed by atoms with Gasteiger partial charge in [-0.15, -0.1) is 0 Å². The Morgan fingerprint density at radius 2 is 2.12 bits per heavy atom. The van der Waals surface area contributed by atoms with Crippen molar-refractivity contribution in [1.29, 1.82) is 0 Å². The highest BCUT2D eigenvalue weighted by Gasteiger charge is 2.29. The van der Waals surface area contributed by atoms with Crippen molar-refractivity contribution in [3.63, 3.8) is 0 Å². The lowest BCUT2D eigenvalue weighted by atomic mass is 10.1. The first-order valence-electron chi connectivity index (χ1n) is 6.27. The van der Waals surface area contributed by atoms with Gasteiger partial charge in [-0.2, -0.15) is 0 Å². The van der Waals surface area contributed by atoms with Gasteiger partial charge in [0.15, 0.2) is 0 Å². The van der Waals surface area contributed by atoms with Crippen LogP contribution < -0.4 is 0 Å². The largest absolute Gasteiger partial charge is 0.392 e. The molecule has 1 aliphatic rings. The molecule has 1 aliphatic heterocycles. The van der Waals surface area contributed by atoms with Crippen molar-refractivity contribution in [2.24, 2.45) is 0 Å². The molecule has 1 heterocycles. The molecule has 1 saturated heterocycles. The van der Waals surface area contributed by atoms with Gasteiger partial charge in [-0.1, -0.05) is 37.3 Å². The highest BCUT2D eigenvalue weighted by Crippen LogP contribution is 2.23. The summed E-state index contributed by atoms with van der Waals surface area (Å²) in [5.41, 5.74) is 1.35. The monoisotopic (exact) mass is 219 g/mol. The maximum atomic E-state index is 9.96. The summed E-state index contributed by atoms with van der Waals surface area (Å²) in [7, 11) is 0. The van der Waals surface area contributed by atoms with E-state index in [2.05, 4.69) is 36.1 Å². The Hall–Kier alpha value is -0.860. The summed E-state index contributed by atoms with van der Waals surface area (Å²) >= 11 is 0. The molecule has 1 N–H and O–H groups in total. The van der Waals surface area contributed by atoms with E-state index < -0.39 is 0 Å². The van der Waals surface area contributed by atoms with Crippen LogP contribution in [-0.2, 0) is 6.54 Å². The maximum Gasteiger partial charge on any atom is 0.0692 e. The van der Waals surface area contributed by atoms with E-state index in [1.807, 2.05) is 6.07 Å². The summed E-state index contributed by atoms with van der Waals surface area (Å²) in [5.74, 6) is 0. The van der Waals surface area contributed by atoms with Crippen molar-refractivity contribution in [2.75, 3.05) is 6.54 Å². The Bertz CT molecular complexity index is 312. The van der Waals surface area contributed by atoms with E-state index in [4.69, 9.17) is 0 Å². The molecule has 1 aromatic carbocycles. The minimum Gasteiger partial charge on any atom is -0.392 e. The van der Waals surface area contributed by atoms with Crippen molar-refractivity contribution in [3.8, 4) is 0 Å². The Kier molecular flexibility index (Phi) is 3.97. The number of benzene rings is 1. The van der Waals surface area contributed by atoms with E-state index >= 15 is 0 Å². The summed E-state index contributed by atoms with van der Waals surface area (Å²) in [5, 5.41) is 9.96. The number of aliphatic hydroxyl groups excluding tert-OH is 1. The standard InChI is InChI=1S/C14H21NO/c1-2-14(16)13-9-6-10-15(13)11-12-7-4-3-5-8-12/h3-5,7-8,13-14,16H,2,6,9-11H2,1H3. The predicted molar refractivity (Wildman–Crippen MR) is 66.2 cm³/mol. The summed E-state index contributed by atoms with van der Waals surface area (Å²) < 4.78 is 0. The SMILES string of the molecule is CCC(O)C1CCCN1Cc1ccccc1. The second-order valence-corrected chi connectivity index (χ2v) is 4.64. The molecule has 2 heteroatoms. The number of likely N-dealkylation sites (tertiary alicyclic amines) is 1. The van der Waals surface area contributed by atoms with Gasteiger partial charge in [0.2, 0.25) is 0 Å². The topological polar surface area (TPSA) is 23.5 Å². The van der Waals surface area contributed by atoms with Crippen LogP contribution >= 0.6 is 0 Å². The normalized spacial score (nSPS) is 23.5. The van der Waals surface area contributed by atoms with Crippen LogP contribution in [0.5, 0.6) is 0 Å². The summed E-state index contributed by atoms with van der Waals surface area (Å²) in [4.78, 5) is 2.42. The quantitative estimate of drug-likeness (QED) is 0.840. The lowest BCUT2D eigenvalue weighted by Crippen LogP contribution is -2.38. The summed E-state index contributed by atoms with van der Waals surface area (Å²) in [6.45, 7) is 4.16. The van der Waals surface area contributed by atoms with Crippen molar-refractivity contribution in [3.05, 3.63) is 35.9 Å². The molecule has 0 spiro atoms. The van der Waals surface area contributed by atoms with Crippen LogP contribution in [0.2, 0.25) is 0 Å². The van der Waals surface area contributed by atoms with Gasteiger partial charge in [0.1, 0.15) is 0 Å². The fourth-order valence-electron chi connectivity index (χ4n) is 2.57. The Morgan fingerprint density at radius 1 is 1.38 bits per heavy atom. The molecule has 2 unspecified atom stereocenters.